The Kier molecular flexibility index (Phi) is 9.26. The second-order valence-electron chi connectivity index (χ2n) is 10.2. The van der Waals surface area contributed by atoms with Gasteiger partial charge in [0.1, 0.15) is 0 Å². The highest BCUT2D eigenvalue weighted by Gasteiger charge is 2.03. The van der Waals surface area contributed by atoms with Gasteiger partial charge in [-0.2, -0.15) is 0 Å². The molecule has 0 heterocycles. The summed E-state index contributed by atoms with van der Waals surface area (Å²) in [5, 5.41) is 10.6. The topological polar surface area (TPSA) is 36.1 Å². The Balaban J connectivity index is 1.28. The maximum absolute atomic E-state index is 3.53. The third-order valence-corrected chi connectivity index (χ3v) is 6.97. The molecule has 0 fully saturated rings. The molecule has 0 saturated carbocycles. The Bertz CT molecular complexity index is 1110. The van der Waals surface area contributed by atoms with E-state index in [9.17, 15) is 0 Å². The molecule has 0 radical (unpaired) electrons. The van der Waals surface area contributed by atoms with E-state index in [4.69, 9.17) is 0 Å². The molecular formula is C34H41N3. The van der Waals surface area contributed by atoms with Crippen molar-refractivity contribution in [3.8, 4) is 0 Å². The summed E-state index contributed by atoms with van der Waals surface area (Å²) in [6.45, 7) is 8.83. The van der Waals surface area contributed by atoms with Crippen LogP contribution in [0.2, 0.25) is 0 Å². The molecule has 0 amide bonds. The van der Waals surface area contributed by atoms with E-state index in [1.54, 1.807) is 0 Å². The minimum Gasteiger partial charge on any atom is -0.383 e. The first-order valence-electron chi connectivity index (χ1n) is 13.7. The first-order valence-corrected chi connectivity index (χ1v) is 13.7. The third kappa shape index (κ3) is 8.15. The molecular weight excluding hydrogens is 450 g/mol. The fourth-order valence-corrected chi connectivity index (χ4v) is 4.26. The van der Waals surface area contributed by atoms with Crippen LogP contribution < -0.4 is 16.0 Å². The first-order chi connectivity index (χ1) is 18.0. The summed E-state index contributed by atoms with van der Waals surface area (Å²) in [6.07, 6.45) is 4.12. The van der Waals surface area contributed by atoms with E-state index >= 15 is 0 Å². The van der Waals surface area contributed by atoms with E-state index < -0.39 is 0 Å². The lowest BCUT2D eigenvalue weighted by Crippen LogP contribution is -2.13. The van der Waals surface area contributed by atoms with E-state index in [0.717, 1.165) is 37.1 Å². The lowest BCUT2D eigenvalue weighted by Gasteiger charge is -2.13. The second-order valence-corrected chi connectivity index (χ2v) is 10.2. The fourth-order valence-electron chi connectivity index (χ4n) is 4.26. The molecule has 0 spiro atoms. The summed E-state index contributed by atoms with van der Waals surface area (Å²) in [6, 6.07) is 36.1. The minimum atomic E-state index is 0.497. The molecule has 0 saturated heterocycles. The van der Waals surface area contributed by atoms with Crippen molar-refractivity contribution < 1.29 is 0 Å². The van der Waals surface area contributed by atoms with Crippen molar-refractivity contribution in [3.63, 3.8) is 0 Å². The number of nitrogens with one attached hydrogen (secondary N) is 3. The Morgan fingerprint density at radius 2 is 0.703 bits per heavy atom. The van der Waals surface area contributed by atoms with Crippen molar-refractivity contribution in [2.75, 3.05) is 16.0 Å². The van der Waals surface area contributed by atoms with Gasteiger partial charge < -0.3 is 16.0 Å². The largest absolute Gasteiger partial charge is 0.383 e. The summed E-state index contributed by atoms with van der Waals surface area (Å²) in [5.41, 5.74) is 9.87. The molecule has 0 aliphatic carbocycles. The van der Waals surface area contributed by atoms with E-state index in [1.807, 2.05) is 0 Å². The van der Waals surface area contributed by atoms with Crippen molar-refractivity contribution in [1.82, 2.24) is 0 Å². The van der Waals surface area contributed by atoms with Gasteiger partial charge in [0.15, 0.2) is 0 Å². The zero-order valence-electron chi connectivity index (χ0n) is 22.7. The van der Waals surface area contributed by atoms with Crippen LogP contribution >= 0.6 is 0 Å². The van der Waals surface area contributed by atoms with Crippen molar-refractivity contribution in [3.05, 3.63) is 119 Å². The van der Waals surface area contributed by atoms with Gasteiger partial charge in [-0.15, -0.1) is 0 Å². The van der Waals surface area contributed by atoms with Gasteiger partial charge in [-0.05, 0) is 110 Å². The van der Waals surface area contributed by atoms with Gasteiger partial charge in [-0.1, -0.05) is 62.4 Å². The SMILES string of the molecule is CCC(C)Nc1ccc(Cc2ccc(Nc3ccc(Cc4ccc(NC(C)CC)cc4)cc3)cc2)cc1. The maximum atomic E-state index is 3.53. The fraction of sp³-hybridized carbons (Fsp3) is 0.294. The van der Waals surface area contributed by atoms with Gasteiger partial charge in [-0.25, -0.2) is 0 Å². The molecule has 0 aliphatic rings. The molecule has 192 valence electrons. The predicted octanol–water partition coefficient (Wildman–Crippen LogP) is 9.03. The number of hydrogen-bond donors (Lipinski definition) is 3. The molecule has 37 heavy (non-hydrogen) atoms. The van der Waals surface area contributed by atoms with Crippen LogP contribution in [-0.4, -0.2) is 12.1 Å². The van der Waals surface area contributed by atoms with Crippen LogP contribution in [0.4, 0.5) is 22.7 Å². The van der Waals surface area contributed by atoms with Crippen LogP contribution in [0.25, 0.3) is 0 Å². The monoisotopic (exact) mass is 491 g/mol. The average molecular weight is 492 g/mol. The molecule has 4 rings (SSSR count). The summed E-state index contributed by atoms with van der Waals surface area (Å²) >= 11 is 0. The van der Waals surface area contributed by atoms with Crippen LogP contribution in [0.1, 0.15) is 62.8 Å². The van der Waals surface area contributed by atoms with Crippen LogP contribution in [0.5, 0.6) is 0 Å². The first kappa shape index (κ1) is 26.3. The smallest absolute Gasteiger partial charge is 0.0384 e. The third-order valence-electron chi connectivity index (χ3n) is 6.97. The number of hydrogen-bond acceptors (Lipinski definition) is 3. The summed E-state index contributed by atoms with van der Waals surface area (Å²) in [5.74, 6) is 0. The normalized spacial score (nSPS) is 12.5. The Hall–Kier alpha value is -3.72. The van der Waals surface area contributed by atoms with Gasteiger partial charge in [0.25, 0.3) is 0 Å². The molecule has 2 unspecified atom stereocenters. The zero-order valence-corrected chi connectivity index (χ0v) is 22.7. The van der Waals surface area contributed by atoms with Crippen molar-refractivity contribution in [2.24, 2.45) is 0 Å². The summed E-state index contributed by atoms with van der Waals surface area (Å²) < 4.78 is 0. The Morgan fingerprint density at radius 3 is 0.973 bits per heavy atom. The van der Waals surface area contributed by atoms with Gasteiger partial charge in [-0.3, -0.25) is 0 Å². The summed E-state index contributed by atoms with van der Waals surface area (Å²) in [4.78, 5) is 0. The van der Waals surface area contributed by atoms with Crippen LogP contribution in [-0.2, 0) is 12.8 Å². The molecule has 0 aromatic heterocycles. The predicted molar refractivity (Wildman–Crippen MR) is 161 cm³/mol. The van der Waals surface area contributed by atoms with Crippen LogP contribution in [0.3, 0.4) is 0 Å². The highest BCUT2D eigenvalue weighted by atomic mass is 14.9. The van der Waals surface area contributed by atoms with E-state index in [1.165, 1.54) is 33.6 Å². The lowest BCUT2D eigenvalue weighted by molar-refractivity contribution is 0.764. The standard InChI is InChI=1S/C34H41N3/c1-5-25(3)35-31-15-7-27(8-16-31)23-29-11-19-33(20-12-29)37-34-21-13-30(14-22-34)24-28-9-17-32(18-10-28)36-26(4)6-2/h7-22,25-26,35-37H,5-6,23-24H2,1-4H3. The number of benzene rings is 4. The molecule has 4 aromatic carbocycles. The van der Waals surface area contributed by atoms with Gasteiger partial charge >= 0.3 is 0 Å². The quantitative estimate of drug-likeness (QED) is 0.185. The van der Waals surface area contributed by atoms with E-state index in [0.29, 0.717) is 12.1 Å². The van der Waals surface area contributed by atoms with Crippen LogP contribution in [0.15, 0.2) is 97.1 Å². The summed E-state index contributed by atoms with van der Waals surface area (Å²) in [7, 11) is 0. The minimum absolute atomic E-state index is 0.497. The zero-order chi connectivity index (χ0) is 26.0. The van der Waals surface area contributed by atoms with E-state index in [-0.39, 0.29) is 0 Å². The Morgan fingerprint density at radius 1 is 0.432 bits per heavy atom. The van der Waals surface area contributed by atoms with Crippen molar-refractivity contribution >= 4 is 22.7 Å². The molecule has 4 aromatic rings. The maximum Gasteiger partial charge on any atom is 0.0384 e. The van der Waals surface area contributed by atoms with Gasteiger partial charge in [0.05, 0.1) is 0 Å². The van der Waals surface area contributed by atoms with Crippen molar-refractivity contribution in [2.45, 2.75) is 65.5 Å². The molecule has 3 heteroatoms. The number of anilines is 4. The van der Waals surface area contributed by atoms with Crippen LogP contribution in [0, 0.1) is 0 Å². The molecule has 3 N–H and O–H groups in total. The lowest BCUT2D eigenvalue weighted by atomic mass is 10.0. The average Bonchev–Trinajstić information content (AvgIpc) is 2.93. The Labute approximate surface area is 223 Å². The highest BCUT2D eigenvalue weighted by Crippen LogP contribution is 2.21. The van der Waals surface area contributed by atoms with E-state index in [2.05, 4.69) is 141 Å². The molecule has 2 atom stereocenters. The highest BCUT2D eigenvalue weighted by molar-refractivity contribution is 5.60. The molecule has 0 aliphatic heterocycles. The number of rotatable bonds is 12. The second kappa shape index (κ2) is 13.0. The molecule has 3 nitrogen and oxygen atoms in total. The molecule has 0 bridgehead atoms. The van der Waals surface area contributed by atoms with Gasteiger partial charge in [0, 0.05) is 34.8 Å². The van der Waals surface area contributed by atoms with Gasteiger partial charge in [0.2, 0.25) is 0 Å². The van der Waals surface area contributed by atoms with Crippen molar-refractivity contribution in [1.29, 1.82) is 0 Å².